The lowest BCUT2D eigenvalue weighted by Crippen LogP contribution is -3.11. The third-order valence-electron chi connectivity index (χ3n) is 5.33. The van der Waals surface area contributed by atoms with Gasteiger partial charge in [-0.25, -0.2) is 4.79 Å². The van der Waals surface area contributed by atoms with Crippen LogP contribution in [-0.4, -0.2) is 31.2 Å². The molecule has 2 fully saturated rings. The summed E-state index contributed by atoms with van der Waals surface area (Å²) in [5, 5.41) is 8.56. The standard InChI is InChI=1S/C18H29N3OS/c1-14(19-18(22)20-15-8-3-2-4-9-15)17(16-10-7-13-23-16)21-11-5-6-12-21/h7,10,13-15,17H,2-6,8-9,11-12H2,1H3,(H2,19,20,22)/p+1/t14-,17+/m0/s1. The molecule has 2 aliphatic rings. The van der Waals surface area contributed by atoms with Crippen LogP contribution in [0.1, 0.15) is 62.8 Å². The van der Waals surface area contributed by atoms with Gasteiger partial charge in [0.1, 0.15) is 6.04 Å². The molecule has 0 radical (unpaired) electrons. The zero-order chi connectivity index (χ0) is 16.1. The van der Waals surface area contributed by atoms with Crippen LogP contribution in [-0.2, 0) is 0 Å². The van der Waals surface area contributed by atoms with Crippen LogP contribution in [0.25, 0.3) is 0 Å². The average Bonchev–Trinajstić information content (AvgIpc) is 3.22. The highest BCUT2D eigenvalue weighted by atomic mass is 32.1. The molecule has 1 saturated heterocycles. The van der Waals surface area contributed by atoms with Crippen molar-refractivity contribution in [3.05, 3.63) is 22.4 Å². The molecule has 0 aromatic carbocycles. The first-order chi connectivity index (χ1) is 11.2. The molecule has 1 aliphatic heterocycles. The first-order valence-electron chi connectivity index (χ1n) is 9.19. The minimum absolute atomic E-state index is 0.0181. The second-order valence-electron chi connectivity index (χ2n) is 7.10. The molecule has 3 rings (SSSR count). The Bertz CT molecular complexity index is 478. The molecule has 0 unspecified atom stereocenters. The Labute approximate surface area is 143 Å². The van der Waals surface area contributed by atoms with Crippen LogP contribution in [0, 0.1) is 0 Å². The van der Waals surface area contributed by atoms with Gasteiger partial charge in [0, 0.05) is 18.9 Å². The van der Waals surface area contributed by atoms with Crippen molar-refractivity contribution < 1.29 is 9.69 Å². The third-order valence-corrected chi connectivity index (χ3v) is 6.29. The molecule has 1 saturated carbocycles. The third kappa shape index (κ3) is 4.48. The fourth-order valence-electron chi connectivity index (χ4n) is 4.17. The van der Waals surface area contributed by atoms with Crippen LogP contribution in [0.3, 0.4) is 0 Å². The second kappa shape index (κ2) is 8.15. The van der Waals surface area contributed by atoms with Gasteiger partial charge < -0.3 is 15.5 Å². The van der Waals surface area contributed by atoms with Gasteiger partial charge in [-0.1, -0.05) is 25.3 Å². The molecular formula is C18H30N3OS+. The zero-order valence-electron chi connectivity index (χ0n) is 14.1. The van der Waals surface area contributed by atoms with E-state index in [2.05, 4.69) is 35.1 Å². The van der Waals surface area contributed by atoms with Crippen molar-refractivity contribution in [2.24, 2.45) is 0 Å². The summed E-state index contributed by atoms with van der Waals surface area (Å²) in [6, 6.07) is 5.27. The van der Waals surface area contributed by atoms with E-state index in [9.17, 15) is 4.79 Å². The molecule has 1 aromatic heterocycles. The Balaban J connectivity index is 1.59. The molecule has 2 atom stereocenters. The van der Waals surface area contributed by atoms with Crippen molar-refractivity contribution >= 4 is 17.4 Å². The lowest BCUT2D eigenvalue weighted by molar-refractivity contribution is -0.920. The summed E-state index contributed by atoms with van der Waals surface area (Å²) < 4.78 is 0. The number of likely N-dealkylation sites (tertiary alicyclic amines) is 1. The van der Waals surface area contributed by atoms with Crippen LogP contribution >= 0.6 is 11.3 Å². The van der Waals surface area contributed by atoms with Crippen molar-refractivity contribution in [3.8, 4) is 0 Å². The molecular weight excluding hydrogens is 306 g/mol. The monoisotopic (exact) mass is 336 g/mol. The lowest BCUT2D eigenvalue weighted by Gasteiger charge is -2.30. The molecule has 5 heteroatoms. The number of rotatable bonds is 5. The van der Waals surface area contributed by atoms with Crippen molar-refractivity contribution in [2.75, 3.05) is 13.1 Å². The molecule has 2 amide bonds. The van der Waals surface area contributed by atoms with E-state index in [1.807, 2.05) is 11.3 Å². The Hall–Kier alpha value is -1.07. The first-order valence-corrected chi connectivity index (χ1v) is 10.1. The summed E-state index contributed by atoms with van der Waals surface area (Å²) in [6.45, 7) is 4.60. The summed E-state index contributed by atoms with van der Waals surface area (Å²) in [4.78, 5) is 15.4. The van der Waals surface area contributed by atoms with Gasteiger partial charge in [-0.05, 0) is 31.2 Å². The maximum Gasteiger partial charge on any atom is 0.315 e. The first kappa shape index (κ1) is 16.8. The molecule has 4 nitrogen and oxygen atoms in total. The molecule has 3 N–H and O–H groups in total. The zero-order valence-corrected chi connectivity index (χ0v) is 15.0. The number of carbonyl (C=O) groups is 1. The minimum Gasteiger partial charge on any atom is -0.335 e. The number of carbonyl (C=O) groups excluding carboxylic acids is 1. The molecule has 23 heavy (non-hydrogen) atoms. The van der Waals surface area contributed by atoms with Gasteiger partial charge in [-0.3, -0.25) is 0 Å². The van der Waals surface area contributed by atoms with Crippen LogP contribution in [0.15, 0.2) is 17.5 Å². The van der Waals surface area contributed by atoms with E-state index >= 15 is 0 Å². The summed E-state index contributed by atoms with van der Waals surface area (Å²) in [7, 11) is 0. The molecule has 1 aromatic rings. The van der Waals surface area contributed by atoms with E-state index in [1.54, 1.807) is 4.90 Å². The number of urea groups is 1. The average molecular weight is 337 g/mol. The largest absolute Gasteiger partial charge is 0.335 e. The number of hydrogen-bond acceptors (Lipinski definition) is 2. The maximum absolute atomic E-state index is 12.4. The Morgan fingerprint density at radius 1 is 1.22 bits per heavy atom. The number of nitrogens with one attached hydrogen (secondary N) is 3. The highest BCUT2D eigenvalue weighted by Crippen LogP contribution is 2.21. The maximum atomic E-state index is 12.4. The molecule has 1 aliphatic carbocycles. The molecule has 0 spiro atoms. The summed E-state index contributed by atoms with van der Waals surface area (Å²) in [6.07, 6.45) is 8.68. The van der Waals surface area contributed by atoms with E-state index in [4.69, 9.17) is 0 Å². The normalized spacial score (nSPS) is 22.7. The minimum atomic E-state index is 0.0181. The van der Waals surface area contributed by atoms with Gasteiger partial charge in [0.05, 0.1) is 24.0 Å². The van der Waals surface area contributed by atoms with Gasteiger partial charge in [-0.15, -0.1) is 11.3 Å². The van der Waals surface area contributed by atoms with Crippen LogP contribution in [0.2, 0.25) is 0 Å². The highest BCUT2D eigenvalue weighted by Gasteiger charge is 2.33. The summed E-state index contributed by atoms with van der Waals surface area (Å²) in [5.74, 6) is 0. The Morgan fingerprint density at radius 3 is 2.61 bits per heavy atom. The SMILES string of the molecule is C[C@H](NC(=O)NC1CCCCC1)[C@H](c1cccs1)[NH+]1CCCC1. The molecule has 0 bridgehead atoms. The van der Waals surface area contributed by atoms with Crippen LogP contribution < -0.4 is 15.5 Å². The van der Waals surface area contributed by atoms with E-state index in [1.165, 1.54) is 50.1 Å². The van der Waals surface area contributed by atoms with Gasteiger partial charge >= 0.3 is 6.03 Å². The van der Waals surface area contributed by atoms with Gasteiger partial charge in [0.15, 0.2) is 0 Å². The number of quaternary nitrogens is 1. The molecule has 2 heterocycles. The Kier molecular flexibility index (Phi) is 5.95. The lowest BCUT2D eigenvalue weighted by atomic mass is 9.96. The Morgan fingerprint density at radius 2 is 1.96 bits per heavy atom. The van der Waals surface area contributed by atoms with Crippen molar-refractivity contribution in [3.63, 3.8) is 0 Å². The van der Waals surface area contributed by atoms with Gasteiger partial charge in [-0.2, -0.15) is 0 Å². The fourth-order valence-corrected chi connectivity index (χ4v) is 5.16. The quantitative estimate of drug-likeness (QED) is 0.760. The van der Waals surface area contributed by atoms with Crippen molar-refractivity contribution in [1.82, 2.24) is 10.6 Å². The summed E-state index contributed by atoms with van der Waals surface area (Å²) >= 11 is 1.82. The van der Waals surface area contributed by atoms with E-state index in [0.717, 1.165) is 12.8 Å². The van der Waals surface area contributed by atoms with Crippen LogP contribution in [0.4, 0.5) is 4.79 Å². The topological polar surface area (TPSA) is 45.6 Å². The van der Waals surface area contributed by atoms with Gasteiger partial charge in [0.25, 0.3) is 0 Å². The van der Waals surface area contributed by atoms with E-state index in [-0.39, 0.29) is 12.1 Å². The smallest absolute Gasteiger partial charge is 0.315 e. The van der Waals surface area contributed by atoms with Crippen molar-refractivity contribution in [2.45, 2.75) is 70.0 Å². The van der Waals surface area contributed by atoms with Crippen molar-refractivity contribution in [1.29, 1.82) is 0 Å². The fraction of sp³-hybridized carbons (Fsp3) is 0.722. The number of hydrogen-bond donors (Lipinski definition) is 3. The predicted molar refractivity (Wildman–Crippen MR) is 95.0 cm³/mol. The van der Waals surface area contributed by atoms with Crippen LogP contribution in [0.5, 0.6) is 0 Å². The summed E-state index contributed by atoms with van der Waals surface area (Å²) in [5.41, 5.74) is 0. The highest BCUT2D eigenvalue weighted by molar-refractivity contribution is 7.10. The van der Waals surface area contributed by atoms with E-state index < -0.39 is 0 Å². The van der Waals surface area contributed by atoms with Gasteiger partial charge in [0.2, 0.25) is 0 Å². The number of thiophene rings is 1. The van der Waals surface area contributed by atoms with E-state index in [0.29, 0.717) is 12.1 Å². The number of amides is 2. The molecule has 128 valence electrons. The second-order valence-corrected chi connectivity index (χ2v) is 8.08. The predicted octanol–water partition coefficient (Wildman–Crippen LogP) is 2.49.